The molecule has 7 heteroatoms. The van der Waals surface area contributed by atoms with Crippen molar-refractivity contribution < 1.29 is 35.4 Å². The maximum Gasteiger partial charge on any atom is 0.137 e. The summed E-state index contributed by atoms with van der Waals surface area (Å²) >= 11 is 0. The zero-order valence-electron chi connectivity index (χ0n) is 21.4. The maximum absolute atomic E-state index is 13.3. The highest BCUT2D eigenvalue weighted by Gasteiger charge is 2.73. The van der Waals surface area contributed by atoms with Crippen molar-refractivity contribution >= 4 is 5.78 Å². The zero-order valence-corrected chi connectivity index (χ0v) is 21.4. The van der Waals surface area contributed by atoms with Crippen LogP contribution < -0.4 is 0 Å². The summed E-state index contributed by atoms with van der Waals surface area (Å²) < 4.78 is 0. The van der Waals surface area contributed by atoms with E-state index in [0.717, 1.165) is 6.42 Å². The van der Waals surface area contributed by atoms with Crippen molar-refractivity contribution in [2.75, 3.05) is 0 Å². The van der Waals surface area contributed by atoms with E-state index in [1.807, 2.05) is 13.8 Å². The fourth-order valence-corrected chi connectivity index (χ4v) is 9.10. The van der Waals surface area contributed by atoms with E-state index in [-0.39, 0.29) is 37.4 Å². The lowest BCUT2D eigenvalue weighted by Gasteiger charge is -2.65. The molecule has 0 aromatic rings. The molecule has 0 amide bonds. The van der Waals surface area contributed by atoms with Gasteiger partial charge in [0, 0.05) is 23.7 Å². The number of ketones is 1. The van der Waals surface area contributed by atoms with Crippen LogP contribution in [0.3, 0.4) is 0 Å². The minimum Gasteiger partial charge on any atom is -0.393 e. The minimum atomic E-state index is -1.43. The van der Waals surface area contributed by atoms with Gasteiger partial charge in [0.15, 0.2) is 0 Å². The summed E-state index contributed by atoms with van der Waals surface area (Å²) in [6.07, 6.45) is -0.753. The van der Waals surface area contributed by atoms with Crippen molar-refractivity contribution in [2.24, 2.45) is 40.4 Å². The van der Waals surface area contributed by atoms with Crippen molar-refractivity contribution in [3.63, 3.8) is 0 Å². The van der Waals surface area contributed by atoms with E-state index in [0.29, 0.717) is 25.2 Å². The Morgan fingerprint density at radius 3 is 2.32 bits per heavy atom. The smallest absolute Gasteiger partial charge is 0.137 e. The molecule has 4 aliphatic carbocycles. The average Bonchev–Trinajstić information content (AvgIpc) is 2.99. The van der Waals surface area contributed by atoms with E-state index in [1.165, 1.54) is 0 Å². The Bertz CT molecular complexity index is 798. The first-order chi connectivity index (χ1) is 15.6. The van der Waals surface area contributed by atoms with Gasteiger partial charge in [-0.3, -0.25) is 4.79 Å². The first kappa shape index (κ1) is 26.5. The number of hydrogen-bond donors (Lipinski definition) is 6. The van der Waals surface area contributed by atoms with Gasteiger partial charge in [-0.05, 0) is 75.0 Å². The molecule has 12 atom stereocenters. The van der Waals surface area contributed by atoms with Gasteiger partial charge >= 0.3 is 0 Å². The molecule has 0 aliphatic heterocycles. The quantitative estimate of drug-likeness (QED) is 0.351. The highest BCUT2D eigenvalue weighted by molar-refractivity contribution is 5.83. The van der Waals surface area contributed by atoms with Crippen LogP contribution in [-0.2, 0) is 4.79 Å². The molecule has 196 valence electrons. The van der Waals surface area contributed by atoms with Crippen LogP contribution in [0.25, 0.3) is 0 Å². The standard InChI is InChI=1S/C27H46O7/c1-14(2)6-7-22(32)26(5,33)21-8-9-27(34)16-11-17(28)15-10-18(29)19(30)12-24(15,3)23(16)20(31)13-25(21,27)4/h14-16,18-23,29-34H,6-13H2,1-5H3. The van der Waals surface area contributed by atoms with E-state index in [1.54, 1.807) is 6.92 Å². The number of carbonyl (C=O) groups excluding carboxylic acids is 1. The Morgan fingerprint density at radius 2 is 1.71 bits per heavy atom. The molecule has 0 spiro atoms. The molecule has 6 N–H and O–H groups in total. The summed E-state index contributed by atoms with van der Waals surface area (Å²) in [6.45, 7) is 9.63. The van der Waals surface area contributed by atoms with Crippen LogP contribution in [-0.4, -0.2) is 72.0 Å². The zero-order chi connectivity index (χ0) is 25.4. The summed E-state index contributed by atoms with van der Waals surface area (Å²) in [7, 11) is 0. The van der Waals surface area contributed by atoms with Gasteiger partial charge < -0.3 is 30.6 Å². The topological polar surface area (TPSA) is 138 Å². The maximum atomic E-state index is 13.3. The highest BCUT2D eigenvalue weighted by atomic mass is 16.3. The molecule has 0 bridgehead atoms. The van der Waals surface area contributed by atoms with Gasteiger partial charge in [-0.15, -0.1) is 0 Å². The van der Waals surface area contributed by atoms with Crippen molar-refractivity contribution in [3.8, 4) is 0 Å². The third-order valence-electron chi connectivity index (χ3n) is 11.0. The number of Topliss-reactive ketones (excluding diaryl/α,β-unsaturated/α-hetero) is 1. The van der Waals surface area contributed by atoms with Crippen LogP contribution in [0.1, 0.15) is 86.0 Å². The van der Waals surface area contributed by atoms with Gasteiger partial charge in [-0.25, -0.2) is 0 Å². The average molecular weight is 483 g/mol. The fraction of sp³-hybridized carbons (Fsp3) is 0.963. The second-order valence-corrected chi connectivity index (χ2v) is 13.4. The molecular formula is C27H46O7. The van der Waals surface area contributed by atoms with Crippen LogP contribution in [0.5, 0.6) is 0 Å². The molecule has 0 radical (unpaired) electrons. The van der Waals surface area contributed by atoms with Gasteiger partial charge in [0.05, 0.1) is 35.6 Å². The van der Waals surface area contributed by atoms with E-state index < -0.39 is 64.2 Å². The summed E-state index contributed by atoms with van der Waals surface area (Å²) in [5, 5.41) is 67.1. The summed E-state index contributed by atoms with van der Waals surface area (Å²) in [6, 6.07) is 0. The molecule has 34 heavy (non-hydrogen) atoms. The third-order valence-corrected chi connectivity index (χ3v) is 11.0. The fourth-order valence-electron chi connectivity index (χ4n) is 9.10. The second kappa shape index (κ2) is 8.49. The highest BCUT2D eigenvalue weighted by Crippen LogP contribution is 2.69. The Kier molecular flexibility index (Phi) is 6.61. The minimum absolute atomic E-state index is 0.0215. The SMILES string of the molecule is CC(C)CCC(O)C(C)(O)C1CCC2(O)C3CC(=O)C4CC(O)C(O)CC4(C)C3C(O)CC12C. The number of carbonyl (C=O) groups is 1. The number of aliphatic hydroxyl groups excluding tert-OH is 4. The number of aliphatic hydroxyl groups is 6. The molecule has 7 nitrogen and oxygen atoms in total. The predicted octanol–water partition coefficient (Wildman–Crippen LogP) is 1.79. The van der Waals surface area contributed by atoms with E-state index in [2.05, 4.69) is 13.8 Å². The normalized spacial score (nSPS) is 51.4. The van der Waals surface area contributed by atoms with Gasteiger partial charge in [-0.2, -0.15) is 0 Å². The number of rotatable bonds is 5. The number of hydrogen-bond acceptors (Lipinski definition) is 7. The Labute approximate surface area is 203 Å². The van der Waals surface area contributed by atoms with Gasteiger partial charge in [0.25, 0.3) is 0 Å². The molecule has 12 unspecified atom stereocenters. The first-order valence-electron chi connectivity index (χ1n) is 13.3. The van der Waals surface area contributed by atoms with Crippen molar-refractivity contribution in [3.05, 3.63) is 0 Å². The van der Waals surface area contributed by atoms with Crippen LogP contribution in [0.15, 0.2) is 0 Å². The summed E-state index contributed by atoms with van der Waals surface area (Å²) in [4.78, 5) is 13.3. The molecule has 0 heterocycles. The van der Waals surface area contributed by atoms with Crippen LogP contribution >= 0.6 is 0 Å². The molecule has 0 aromatic carbocycles. The van der Waals surface area contributed by atoms with Gasteiger partial charge in [-0.1, -0.05) is 27.7 Å². The second-order valence-electron chi connectivity index (χ2n) is 13.4. The van der Waals surface area contributed by atoms with Crippen LogP contribution in [0.4, 0.5) is 0 Å². The van der Waals surface area contributed by atoms with Crippen molar-refractivity contribution in [1.29, 1.82) is 0 Å². The van der Waals surface area contributed by atoms with E-state index >= 15 is 0 Å². The monoisotopic (exact) mass is 482 g/mol. The van der Waals surface area contributed by atoms with Crippen LogP contribution in [0, 0.1) is 40.4 Å². The first-order valence-corrected chi connectivity index (χ1v) is 13.3. The molecule has 0 aromatic heterocycles. The Balaban J connectivity index is 1.68. The van der Waals surface area contributed by atoms with E-state index in [4.69, 9.17) is 0 Å². The Morgan fingerprint density at radius 1 is 1.06 bits per heavy atom. The number of fused-ring (bicyclic) bond motifs is 5. The molecule has 4 aliphatic rings. The molecular weight excluding hydrogens is 436 g/mol. The van der Waals surface area contributed by atoms with Gasteiger partial charge in [0.1, 0.15) is 5.78 Å². The summed E-state index contributed by atoms with van der Waals surface area (Å²) in [5.74, 6) is -1.39. The molecule has 0 saturated heterocycles. The molecule has 4 fully saturated rings. The van der Waals surface area contributed by atoms with Crippen LogP contribution in [0.2, 0.25) is 0 Å². The predicted molar refractivity (Wildman–Crippen MR) is 127 cm³/mol. The Hall–Kier alpha value is -0.570. The summed E-state index contributed by atoms with van der Waals surface area (Å²) in [5.41, 5.74) is -4.29. The lowest BCUT2D eigenvalue weighted by molar-refractivity contribution is -0.258. The molecule has 4 rings (SSSR count). The van der Waals surface area contributed by atoms with Gasteiger partial charge in [0.2, 0.25) is 0 Å². The lowest BCUT2D eigenvalue weighted by atomic mass is 9.41. The van der Waals surface area contributed by atoms with E-state index in [9.17, 15) is 35.4 Å². The third kappa shape index (κ3) is 3.64. The van der Waals surface area contributed by atoms with Crippen molar-refractivity contribution in [1.82, 2.24) is 0 Å². The lowest BCUT2D eigenvalue weighted by Crippen LogP contribution is -2.70. The van der Waals surface area contributed by atoms with Crippen molar-refractivity contribution in [2.45, 2.75) is 122 Å². The largest absolute Gasteiger partial charge is 0.393 e. The molecule has 4 saturated carbocycles.